The zero-order valence-corrected chi connectivity index (χ0v) is 10.3. The molecule has 0 amide bonds. The first-order valence-corrected chi connectivity index (χ1v) is 6.43. The monoisotopic (exact) mass is 194 g/mol. The van der Waals surface area contributed by atoms with Crippen LogP contribution in [0.2, 0.25) is 0 Å². The fraction of sp³-hybridized carbons (Fsp3) is 0.857. The van der Waals surface area contributed by atoms with E-state index in [0.717, 1.165) is 17.8 Å². The molecule has 0 heteroatoms. The maximum absolute atomic E-state index is 2.54. The third kappa shape index (κ3) is 2.62. The molecular weight excluding hydrogens is 168 g/mol. The lowest BCUT2D eigenvalue weighted by atomic mass is 9.71. The van der Waals surface area contributed by atoms with Crippen LogP contribution in [0, 0.1) is 17.8 Å². The highest BCUT2D eigenvalue weighted by Crippen LogP contribution is 2.39. The normalized spacial score (nSPS) is 32.9. The van der Waals surface area contributed by atoms with E-state index in [-0.39, 0.29) is 0 Å². The molecule has 0 fully saturated rings. The molecule has 3 atom stereocenters. The Morgan fingerprint density at radius 3 is 2.50 bits per heavy atom. The molecule has 1 aliphatic rings. The van der Waals surface area contributed by atoms with Gasteiger partial charge >= 0.3 is 0 Å². The van der Waals surface area contributed by atoms with E-state index in [1.54, 1.807) is 5.57 Å². The van der Waals surface area contributed by atoms with E-state index in [1.165, 1.54) is 32.1 Å². The van der Waals surface area contributed by atoms with Crippen LogP contribution in [0.25, 0.3) is 0 Å². The lowest BCUT2D eigenvalue weighted by molar-refractivity contribution is 0.271. The van der Waals surface area contributed by atoms with Crippen LogP contribution in [0.4, 0.5) is 0 Å². The van der Waals surface area contributed by atoms with E-state index in [4.69, 9.17) is 0 Å². The molecule has 0 radical (unpaired) electrons. The van der Waals surface area contributed by atoms with Crippen molar-refractivity contribution in [1.29, 1.82) is 0 Å². The maximum Gasteiger partial charge on any atom is -0.0177 e. The Balaban J connectivity index is 2.74. The molecule has 1 rings (SSSR count). The van der Waals surface area contributed by atoms with Gasteiger partial charge in [0.1, 0.15) is 0 Å². The minimum Gasteiger partial charge on any atom is -0.0822 e. The second-order valence-electron chi connectivity index (χ2n) is 4.87. The van der Waals surface area contributed by atoms with Gasteiger partial charge in [-0.1, -0.05) is 52.2 Å². The lowest BCUT2D eigenvalue weighted by Gasteiger charge is -2.34. The third-order valence-corrected chi connectivity index (χ3v) is 3.73. The van der Waals surface area contributed by atoms with Gasteiger partial charge in [-0.2, -0.15) is 0 Å². The van der Waals surface area contributed by atoms with Crippen molar-refractivity contribution in [2.24, 2.45) is 17.8 Å². The van der Waals surface area contributed by atoms with Crippen LogP contribution < -0.4 is 0 Å². The summed E-state index contributed by atoms with van der Waals surface area (Å²) in [6, 6.07) is 0. The van der Waals surface area contributed by atoms with Gasteiger partial charge in [0.25, 0.3) is 0 Å². The molecule has 14 heavy (non-hydrogen) atoms. The van der Waals surface area contributed by atoms with Crippen LogP contribution >= 0.6 is 0 Å². The Kier molecular flexibility index (Phi) is 4.71. The minimum absolute atomic E-state index is 0.823. The molecule has 0 bridgehead atoms. The maximum atomic E-state index is 2.54. The van der Waals surface area contributed by atoms with E-state index in [1.807, 2.05) is 0 Å². The molecule has 0 aromatic heterocycles. The summed E-state index contributed by atoms with van der Waals surface area (Å²) in [5, 5.41) is 0. The number of allylic oxidation sites excluding steroid dienone is 2. The predicted octanol–water partition coefficient (Wildman–Crippen LogP) is 4.81. The van der Waals surface area contributed by atoms with E-state index >= 15 is 0 Å². The van der Waals surface area contributed by atoms with Crippen molar-refractivity contribution in [2.45, 2.75) is 59.8 Å². The van der Waals surface area contributed by atoms with E-state index in [2.05, 4.69) is 33.8 Å². The topological polar surface area (TPSA) is 0 Å². The second kappa shape index (κ2) is 5.58. The van der Waals surface area contributed by atoms with Crippen molar-refractivity contribution >= 4 is 0 Å². The van der Waals surface area contributed by atoms with Crippen LogP contribution in [-0.4, -0.2) is 0 Å². The average Bonchev–Trinajstić information content (AvgIpc) is 2.17. The standard InChI is InChI=1S/C14H26/c1-5-8-13-10-11(4)9-12(6-2)14(13)7-3/h9,11,13-14H,5-8,10H2,1-4H3. The van der Waals surface area contributed by atoms with Crippen LogP contribution in [0.3, 0.4) is 0 Å². The summed E-state index contributed by atoms with van der Waals surface area (Å²) in [4.78, 5) is 0. The minimum atomic E-state index is 0.823. The third-order valence-electron chi connectivity index (χ3n) is 3.73. The molecule has 0 spiro atoms. The lowest BCUT2D eigenvalue weighted by Crippen LogP contribution is -2.23. The van der Waals surface area contributed by atoms with Gasteiger partial charge in [-0.25, -0.2) is 0 Å². The molecule has 0 N–H and O–H groups in total. The van der Waals surface area contributed by atoms with Crippen LogP contribution in [0.5, 0.6) is 0 Å². The zero-order valence-electron chi connectivity index (χ0n) is 10.3. The average molecular weight is 194 g/mol. The molecule has 0 saturated carbocycles. The van der Waals surface area contributed by atoms with Gasteiger partial charge in [0.05, 0.1) is 0 Å². The molecule has 1 aliphatic carbocycles. The number of rotatable bonds is 4. The first-order valence-electron chi connectivity index (χ1n) is 6.43. The molecule has 3 unspecified atom stereocenters. The molecule has 0 nitrogen and oxygen atoms in total. The van der Waals surface area contributed by atoms with Gasteiger partial charge in [0, 0.05) is 0 Å². The van der Waals surface area contributed by atoms with Gasteiger partial charge in [-0.15, -0.1) is 0 Å². The molecule has 0 saturated heterocycles. The van der Waals surface area contributed by atoms with Crippen molar-refractivity contribution < 1.29 is 0 Å². The van der Waals surface area contributed by atoms with Crippen LogP contribution in [-0.2, 0) is 0 Å². The highest BCUT2D eigenvalue weighted by Gasteiger charge is 2.27. The first-order chi connectivity index (χ1) is 6.72. The van der Waals surface area contributed by atoms with Crippen molar-refractivity contribution in [2.75, 3.05) is 0 Å². The van der Waals surface area contributed by atoms with Crippen LogP contribution in [0.1, 0.15) is 59.8 Å². The SMILES string of the molecule is CCCC1CC(C)C=C(CC)C1CC. The predicted molar refractivity (Wildman–Crippen MR) is 64.3 cm³/mol. The summed E-state index contributed by atoms with van der Waals surface area (Å²) in [5.74, 6) is 2.69. The second-order valence-corrected chi connectivity index (χ2v) is 4.87. The highest BCUT2D eigenvalue weighted by molar-refractivity contribution is 5.13. The van der Waals surface area contributed by atoms with Crippen LogP contribution in [0.15, 0.2) is 11.6 Å². The Morgan fingerprint density at radius 1 is 1.29 bits per heavy atom. The summed E-state index contributed by atoms with van der Waals surface area (Å²) >= 11 is 0. The summed E-state index contributed by atoms with van der Waals surface area (Å²) in [5.41, 5.74) is 1.74. The van der Waals surface area contributed by atoms with E-state index in [9.17, 15) is 0 Å². The zero-order chi connectivity index (χ0) is 10.6. The Labute approximate surface area is 89.8 Å². The number of hydrogen-bond acceptors (Lipinski definition) is 0. The molecular formula is C14H26. The molecule has 0 aromatic rings. The first kappa shape index (κ1) is 11.8. The summed E-state index contributed by atoms with van der Waals surface area (Å²) in [7, 11) is 0. The largest absolute Gasteiger partial charge is 0.0822 e. The fourth-order valence-corrected chi connectivity index (χ4v) is 3.17. The van der Waals surface area contributed by atoms with Crippen molar-refractivity contribution in [1.82, 2.24) is 0 Å². The molecule has 82 valence electrons. The molecule has 0 heterocycles. The quantitative estimate of drug-likeness (QED) is 0.564. The van der Waals surface area contributed by atoms with E-state index in [0.29, 0.717) is 0 Å². The van der Waals surface area contributed by atoms with Crippen molar-refractivity contribution in [3.05, 3.63) is 11.6 Å². The van der Waals surface area contributed by atoms with Gasteiger partial charge in [-0.05, 0) is 37.0 Å². The van der Waals surface area contributed by atoms with Gasteiger partial charge in [0.15, 0.2) is 0 Å². The van der Waals surface area contributed by atoms with Gasteiger partial charge < -0.3 is 0 Å². The Morgan fingerprint density at radius 2 is 2.00 bits per heavy atom. The van der Waals surface area contributed by atoms with Gasteiger partial charge in [0.2, 0.25) is 0 Å². The highest BCUT2D eigenvalue weighted by atomic mass is 14.3. The van der Waals surface area contributed by atoms with E-state index < -0.39 is 0 Å². The van der Waals surface area contributed by atoms with Crippen molar-refractivity contribution in [3.63, 3.8) is 0 Å². The number of hydrogen-bond donors (Lipinski definition) is 0. The molecule has 0 aromatic carbocycles. The summed E-state index contributed by atoms with van der Waals surface area (Å²) in [6.45, 7) is 9.37. The smallest absolute Gasteiger partial charge is 0.0177 e. The van der Waals surface area contributed by atoms with Crippen molar-refractivity contribution in [3.8, 4) is 0 Å². The summed E-state index contributed by atoms with van der Waals surface area (Å²) in [6.07, 6.45) is 9.36. The Bertz CT molecular complexity index is 190. The molecule has 0 aliphatic heterocycles. The summed E-state index contributed by atoms with van der Waals surface area (Å²) < 4.78 is 0. The fourth-order valence-electron chi connectivity index (χ4n) is 3.17. The van der Waals surface area contributed by atoms with Gasteiger partial charge in [-0.3, -0.25) is 0 Å². The Hall–Kier alpha value is -0.260.